The topological polar surface area (TPSA) is 55.1 Å². The first-order chi connectivity index (χ1) is 10.4. The Bertz CT molecular complexity index is 612. The number of nitrogens with one attached hydrogen (secondary N) is 1. The number of carbonyl (C=O) groups excluding carboxylic acids is 1. The highest BCUT2D eigenvalue weighted by molar-refractivity contribution is 5.82. The van der Waals surface area contributed by atoms with E-state index in [1.54, 1.807) is 0 Å². The van der Waals surface area contributed by atoms with Crippen LogP contribution in [0.4, 0.5) is 0 Å². The van der Waals surface area contributed by atoms with E-state index >= 15 is 0 Å². The summed E-state index contributed by atoms with van der Waals surface area (Å²) in [6, 6.07) is 17.1. The third-order valence-electron chi connectivity index (χ3n) is 3.73. The molecule has 2 rings (SSSR count). The van der Waals surface area contributed by atoms with E-state index in [0.717, 1.165) is 11.1 Å². The van der Waals surface area contributed by atoms with Gasteiger partial charge in [-0.05, 0) is 22.1 Å². The molecule has 1 unspecified atom stereocenters. The van der Waals surface area contributed by atoms with E-state index in [2.05, 4.69) is 50.4 Å². The zero-order chi connectivity index (χ0) is 16.2. The van der Waals surface area contributed by atoms with Crippen LogP contribution in [0.15, 0.2) is 54.6 Å². The van der Waals surface area contributed by atoms with Crippen molar-refractivity contribution in [3.8, 4) is 0 Å². The molecular weight excluding hydrogens is 272 g/mol. The molecule has 0 aliphatic heterocycles. The molecule has 1 amide bonds. The van der Waals surface area contributed by atoms with Crippen LogP contribution in [-0.4, -0.2) is 5.91 Å². The Kier molecular flexibility index (Phi) is 4.99. The van der Waals surface area contributed by atoms with Crippen LogP contribution in [0.1, 0.15) is 43.5 Å². The van der Waals surface area contributed by atoms with Gasteiger partial charge in [0.15, 0.2) is 0 Å². The van der Waals surface area contributed by atoms with Gasteiger partial charge >= 0.3 is 0 Å². The zero-order valence-corrected chi connectivity index (χ0v) is 13.5. The maximum absolute atomic E-state index is 12.1. The quantitative estimate of drug-likeness (QED) is 0.909. The number of benzene rings is 2. The predicted molar refractivity (Wildman–Crippen MR) is 90.4 cm³/mol. The Morgan fingerprint density at radius 2 is 1.64 bits per heavy atom. The average Bonchev–Trinajstić information content (AvgIpc) is 2.52. The van der Waals surface area contributed by atoms with Crippen molar-refractivity contribution in [1.82, 2.24) is 5.32 Å². The van der Waals surface area contributed by atoms with Crippen LogP contribution >= 0.6 is 0 Å². The summed E-state index contributed by atoms with van der Waals surface area (Å²) in [5.41, 5.74) is 9.28. The van der Waals surface area contributed by atoms with Crippen molar-refractivity contribution < 1.29 is 4.79 Å². The van der Waals surface area contributed by atoms with E-state index in [1.807, 2.05) is 30.3 Å². The second-order valence-electron chi connectivity index (χ2n) is 6.55. The molecule has 0 aliphatic rings. The summed E-state index contributed by atoms with van der Waals surface area (Å²) in [4.78, 5) is 12.1. The fourth-order valence-corrected chi connectivity index (χ4v) is 2.23. The van der Waals surface area contributed by atoms with Gasteiger partial charge in [0.25, 0.3) is 0 Å². The highest BCUT2D eigenvalue weighted by Gasteiger charge is 2.15. The molecule has 22 heavy (non-hydrogen) atoms. The maximum atomic E-state index is 12.1. The molecule has 2 aromatic carbocycles. The lowest BCUT2D eigenvalue weighted by molar-refractivity contribution is -0.122. The van der Waals surface area contributed by atoms with E-state index in [1.165, 1.54) is 5.56 Å². The van der Waals surface area contributed by atoms with Gasteiger partial charge in [-0.1, -0.05) is 75.4 Å². The molecule has 0 spiro atoms. The molecule has 0 fully saturated rings. The molecule has 2 aromatic rings. The van der Waals surface area contributed by atoms with Crippen LogP contribution in [0.3, 0.4) is 0 Å². The third-order valence-corrected chi connectivity index (χ3v) is 3.73. The van der Waals surface area contributed by atoms with Gasteiger partial charge in [0.1, 0.15) is 6.04 Å². The highest BCUT2D eigenvalue weighted by Crippen LogP contribution is 2.22. The van der Waals surface area contributed by atoms with E-state index < -0.39 is 6.04 Å². The molecule has 0 heterocycles. The van der Waals surface area contributed by atoms with E-state index in [0.29, 0.717) is 6.54 Å². The second-order valence-corrected chi connectivity index (χ2v) is 6.55. The highest BCUT2D eigenvalue weighted by atomic mass is 16.2. The summed E-state index contributed by atoms with van der Waals surface area (Å²) in [7, 11) is 0. The van der Waals surface area contributed by atoms with Crippen LogP contribution < -0.4 is 11.1 Å². The summed E-state index contributed by atoms with van der Waals surface area (Å²) >= 11 is 0. The van der Waals surface area contributed by atoms with Crippen LogP contribution in [0.25, 0.3) is 0 Å². The fraction of sp³-hybridized carbons (Fsp3) is 0.316. The number of amides is 1. The van der Waals surface area contributed by atoms with Gasteiger partial charge in [-0.25, -0.2) is 0 Å². The summed E-state index contributed by atoms with van der Waals surface area (Å²) < 4.78 is 0. The van der Waals surface area contributed by atoms with Gasteiger partial charge in [0.2, 0.25) is 5.91 Å². The second kappa shape index (κ2) is 6.75. The molecule has 116 valence electrons. The molecule has 3 N–H and O–H groups in total. The lowest BCUT2D eigenvalue weighted by Gasteiger charge is -2.19. The molecule has 3 heteroatoms. The minimum Gasteiger partial charge on any atom is -0.350 e. The first kappa shape index (κ1) is 16.2. The third kappa shape index (κ3) is 4.18. The van der Waals surface area contributed by atoms with Gasteiger partial charge in [-0.15, -0.1) is 0 Å². The smallest absolute Gasteiger partial charge is 0.241 e. The minimum atomic E-state index is -0.630. The van der Waals surface area contributed by atoms with Crippen molar-refractivity contribution in [2.24, 2.45) is 5.73 Å². The molecular formula is C19H24N2O. The minimum absolute atomic E-state index is 0.136. The molecule has 0 saturated carbocycles. The van der Waals surface area contributed by atoms with Gasteiger partial charge in [-0.3, -0.25) is 4.79 Å². The molecule has 0 saturated heterocycles. The van der Waals surface area contributed by atoms with Crippen molar-refractivity contribution in [2.45, 2.75) is 38.8 Å². The monoisotopic (exact) mass is 296 g/mol. The Morgan fingerprint density at radius 3 is 2.18 bits per heavy atom. The molecule has 0 radical (unpaired) electrons. The van der Waals surface area contributed by atoms with Crippen LogP contribution in [0.2, 0.25) is 0 Å². The number of nitrogens with two attached hydrogens (primary N) is 1. The first-order valence-electron chi connectivity index (χ1n) is 7.55. The molecule has 0 aromatic heterocycles. The number of hydrogen-bond acceptors (Lipinski definition) is 2. The molecule has 0 aliphatic carbocycles. The van der Waals surface area contributed by atoms with Crippen LogP contribution in [-0.2, 0) is 16.8 Å². The number of hydrogen-bond donors (Lipinski definition) is 2. The van der Waals surface area contributed by atoms with Crippen LogP contribution in [0, 0.1) is 0 Å². The van der Waals surface area contributed by atoms with Gasteiger partial charge < -0.3 is 11.1 Å². The lowest BCUT2D eigenvalue weighted by Crippen LogP contribution is -2.33. The summed E-state index contributed by atoms with van der Waals surface area (Å²) in [5.74, 6) is -0.161. The van der Waals surface area contributed by atoms with Gasteiger partial charge in [0, 0.05) is 6.54 Å². The number of rotatable bonds is 4. The van der Waals surface area contributed by atoms with Crippen molar-refractivity contribution in [1.29, 1.82) is 0 Å². The summed E-state index contributed by atoms with van der Waals surface area (Å²) in [6.45, 7) is 7.04. The van der Waals surface area contributed by atoms with Gasteiger partial charge in [0.05, 0.1) is 0 Å². The van der Waals surface area contributed by atoms with E-state index in [-0.39, 0.29) is 11.3 Å². The van der Waals surface area contributed by atoms with Crippen molar-refractivity contribution in [3.05, 3.63) is 71.3 Å². The predicted octanol–water partition coefficient (Wildman–Crippen LogP) is 3.30. The molecule has 0 bridgehead atoms. The average molecular weight is 296 g/mol. The Hall–Kier alpha value is -2.13. The largest absolute Gasteiger partial charge is 0.350 e. The first-order valence-corrected chi connectivity index (χ1v) is 7.55. The zero-order valence-electron chi connectivity index (χ0n) is 13.5. The van der Waals surface area contributed by atoms with Crippen molar-refractivity contribution in [2.75, 3.05) is 0 Å². The van der Waals surface area contributed by atoms with E-state index in [9.17, 15) is 4.79 Å². The maximum Gasteiger partial charge on any atom is 0.241 e. The Morgan fingerprint density at radius 1 is 1.05 bits per heavy atom. The van der Waals surface area contributed by atoms with E-state index in [4.69, 9.17) is 5.73 Å². The summed E-state index contributed by atoms with van der Waals surface area (Å²) in [6.07, 6.45) is 0. The van der Waals surface area contributed by atoms with Gasteiger partial charge in [-0.2, -0.15) is 0 Å². The SMILES string of the molecule is CC(C)(C)c1ccc(CNC(=O)C(N)c2ccccc2)cc1. The summed E-state index contributed by atoms with van der Waals surface area (Å²) in [5, 5.41) is 2.89. The normalized spacial score (nSPS) is 12.7. The van der Waals surface area contributed by atoms with Crippen LogP contribution in [0.5, 0.6) is 0 Å². The lowest BCUT2D eigenvalue weighted by atomic mass is 9.87. The van der Waals surface area contributed by atoms with Crippen molar-refractivity contribution in [3.63, 3.8) is 0 Å². The fourth-order valence-electron chi connectivity index (χ4n) is 2.23. The molecule has 3 nitrogen and oxygen atoms in total. The molecule has 1 atom stereocenters. The van der Waals surface area contributed by atoms with Crippen molar-refractivity contribution >= 4 is 5.91 Å². The Labute approximate surface area is 132 Å². The Balaban J connectivity index is 1.94. The number of carbonyl (C=O) groups is 1. The standard InChI is InChI=1S/C19H24N2O/c1-19(2,3)16-11-9-14(10-12-16)13-21-18(22)17(20)15-7-5-4-6-8-15/h4-12,17H,13,20H2,1-3H3,(H,21,22).